The van der Waals surface area contributed by atoms with Crippen LogP contribution in [0.1, 0.15) is 55.3 Å². The van der Waals surface area contributed by atoms with Gasteiger partial charge in [0.05, 0.1) is 11.3 Å². The van der Waals surface area contributed by atoms with Crippen LogP contribution in [0.2, 0.25) is 0 Å². The molecule has 1 aromatic heterocycles. The second-order valence-corrected chi connectivity index (χ2v) is 9.33. The molecule has 1 aromatic carbocycles. The number of nitrogens with zero attached hydrogens (tertiary/aromatic N) is 1. The van der Waals surface area contributed by atoms with Gasteiger partial charge in [0.25, 0.3) is 15.9 Å². The average molecular weight is 406 g/mol. The molecule has 0 radical (unpaired) electrons. The number of sulfonamides is 1. The Bertz CT molecular complexity index is 896. The van der Waals surface area contributed by atoms with Crippen molar-refractivity contribution in [1.82, 2.24) is 5.43 Å². The normalized spacial score (nSPS) is 15.5. The number of rotatable bonds is 5. The van der Waals surface area contributed by atoms with Gasteiger partial charge in [-0.25, -0.2) is 13.8 Å². The van der Waals surface area contributed by atoms with Crippen molar-refractivity contribution in [1.29, 1.82) is 0 Å². The molecule has 0 aliphatic heterocycles. The zero-order chi connectivity index (χ0) is 19.1. The van der Waals surface area contributed by atoms with Crippen molar-refractivity contribution in [2.24, 2.45) is 5.10 Å². The standard InChI is InChI=1S/C19H23N3O3S2/c23-19(21-20-15-9-4-2-1-3-5-10-15)16-11-6-7-12-17(16)22-27(24,25)18-13-8-14-26-18/h6-8,11-14,22H,1-5,9-10H2,(H,21,23). The highest BCUT2D eigenvalue weighted by atomic mass is 32.2. The lowest BCUT2D eigenvalue weighted by Crippen LogP contribution is -2.22. The van der Waals surface area contributed by atoms with Gasteiger partial charge in [0.1, 0.15) is 4.21 Å². The highest BCUT2D eigenvalue weighted by molar-refractivity contribution is 7.94. The summed E-state index contributed by atoms with van der Waals surface area (Å²) in [6.07, 6.45) is 7.62. The van der Waals surface area contributed by atoms with Crippen LogP contribution in [0.4, 0.5) is 5.69 Å². The first-order valence-corrected chi connectivity index (χ1v) is 11.4. The SMILES string of the molecule is O=C(NN=C1CCCCCCC1)c1ccccc1NS(=O)(=O)c1cccs1. The zero-order valence-corrected chi connectivity index (χ0v) is 16.6. The van der Waals surface area contributed by atoms with Gasteiger partial charge in [0, 0.05) is 5.71 Å². The second-order valence-electron chi connectivity index (χ2n) is 6.47. The first-order chi connectivity index (χ1) is 13.1. The molecule has 1 aliphatic rings. The van der Waals surface area contributed by atoms with E-state index in [2.05, 4.69) is 15.2 Å². The van der Waals surface area contributed by atoms with Crippen molar-refractivity contribution in [2.45, 2.75) is 49.2 Å². The molecule has 6 nitrogen and oxygen atoms in total. The molecule has 2 N–H and O–H groups in total. The molecule has 1 fully saturated rings. The summed E-state index contributed by atoms with van der Waals surface area (Å²) in [6.45, 7) is 0. The Hall–Kier alpha value is -2.19. The maximum Gasteiger partial charge on any atom is 0.273 e. The van der Waals surface area contributed by atoms with Gasteiger partial charge in [-0.1, -0.05) is 37.5 Å². The van der Waals surface area contributed by atoms with Gasteiger partial charge in [-0.3, -0.25) is 9.52 Å². The number of carbonyl (C=O) groups excluding carboxylic acids is 1. The van der Waals surface area contributed by atoms with Crippen LogP contribution in [-0.4, -0.2) is 20.0 Å². The Kier molecular flexibility index (Phi) is 6.63. The van der Waals surface area contributed by atoms with Crippen molar-refractivity contribution in [3.8, 4) is 0 Å². The van der Waals surface area contributed by atoms with Crippen LogP contribution in [0.5, 0.6) is 0 Å². The van der Waals surface area contributed by atoms with Crippen LogP contribution < -0.4 is 10.1 Å². The van der Waals surface area contributed by atoms with Crippen molar-refractivity contribution in [2.75, 3.05) is 4.72 Å². The van der Waals surface area contributed by atoms with E-state index in [1.807, 2.05) is 0 Å². The lowest BCUT2D eigenvalue weighted by molar-refractivity contribution is 0.0955. The summed E-state index contributed by atoms with van der Waals surface area (Å²) in [5, 5.41) is 5.98. The van der Waals surface area contributed by atoms with E-state index in [9.17, 15) is 13.2 Å². The Labute approximate surface area is 163 Å². The molecule has 0 unspecified atom stereocenters. The van der Waals surface area contributed by atoms with Gasteiger partial charge >= 0.3 is 0 Å². The highest BCUT2D eigenvalue weighted by Crippen LogP contribution is 2.23. The fraction of sp³-hybridized carbons (Fsp3) is 0.368. The van der Waals surface area contributed by atoms with Crippen LogP contribution in [0, 0.1) is 0 Å². The molecule has 0 bridgehead atoms. The van der Waals surface area contributed by atoms with Gasteiger partial charge in [-0.15, -0.1) is 11.3 Å². The number of anilines is 1. The van der Waals surface area contributed by atoms with Crippen molar-refractivity contribution >= 4 is 38.7 Å². The topological polar surface area (TPSA) is 87.6 Å². The fourth-order valence-electron chi connectivity index (χ4n) is 3.00. The molecule has 144 valence electrons. The largest absolute Gasteiger partial charge is 0.278 e. The smallest absolute Gasteiger partial charge is 0.273 e. The molecule has 1 heterocycles. The minimum absolute atomic E-state index is 0.201. The molecule has 1 saturated carbocycles. The molecule has 27 heavy (non-hydrogen) atoms. The maximum atomic E-state index is 12.6. The predicted octanol–water partition coefficient (Wildman–Crippen LogP) is 4.38. The number of hydrazone groups is 1. The number of thiophene rings is 1. The van der Waals surface area contributed by atoms with Gasteiger partial charge in [0.15, 0.2) is 0 Å². The van der Waals surface area contributed by atoms with Crippen LogP contribution >= 0.6 is 11.3 Å². The summed E-state index contributed by atoms with van der Waals surface area (Å²) in [5.74, 6) is -0.422. The third-order valence-electron chi connectivity index (χ3n) is 4.42. The second kappa shape index (κ2) is 9.14. The zero-order valence-electron chi connectivity index (χ0n) is 15.0. The minimum atomic E-state index is -3.72. The molecule has 1 aliphatic carbocycles. The van der Waals surface area contributed by atoms with Crippen molar-refractivity contribution < 1.29 is 13.2 Å². The summed E-state index contributed by atoms with van der Waals surface area (Å²) in [5.41, 5.74) is 4.07. The average Bonchev–Trinajstić information content (AvgIpc) is 3.16. The van der Waals surface area contributed by atoms with E-state index >= 15 is 0 Å². The molecule has 8 heteroatoms. The van der Waals surface area contributed by atoms with E-state index in [1.54, 1.807) is 35.7 Å². The monoisotopic (exact) mass is 405 g/mol. The summed E-state index contributed by atoms with van der Waals surface area (Å²) in [4.78, 5) is 12.6. The molecule has 0 atom stereocenters. The minimum Gasteiger partial charge on any atom is -0.278 e. The Morgan fingerprint density at radius 3 is 2.37 bits per heavy atom. The molecular weight excluding hydrogens is 382 g/mol. The number of hydrogen-bond donors (Lipinski definition) is 2. The summed E-state index contributed by atoms with van der Waals surface area (Å²) in [7, 11) is -3.72. The lowest BCUT2D eigenvalue weighted by Gasteiger charge is -2.13. The quantitative estimate of drug-likeness (QED) is 0.724. The summed E-state index contributed by atoms with van der Waals surface area (Å²) in [6, 6.07) is 9.73. The van der Waals surface area contributed by atoms with Crippen LogP contribution in [-0.2, 0) is 10.0 Å². The number of hydrogen-bond acceptors (Lipinski definition) is 5. The van der Waals surface area contributed by atoms with E-state index in [0.29, 0.717) is 0 Å². The first kappa shape index (κ1) is 19.6. The van der Waals surface area contributed by atoms with Crippen molar-refractivity contribution in [3.05, 3.63) is 47.3 Å². The van der Waals surface area contributed by atoms with Crippen LogP contribution in [0.15, 0.2) is 51.1 Å². The molecule has 0 spiro atoms. The molecule has 0 saturated heterocycles. The third kappa shape index (κ3) is 5.40. The Morgan fingerprint density at radius 2 is 1.67 bits per heavy atom. The number of carbonyl (C=O) groups is 1. The molecular formula is C19H23N3O3S2. The van der Waals surface area contributed by atoms with E-state index < -0.39 is 15.9 Å². The van der Waals surface area contributed by atoms with E-state index in [4.69, 9.17) is 0 Å². The molecule has 3 rings (SSSR count). The number of para-hydroxylation sites is 1. The first-order valence-electron chi connectivity index (χ1n) is 9.07. The Balaban J connectivity index is 1.74. The summed E-state index contributed by atoms with van der Waals surface area (Å²) < 4.78 is 27.6. The number of benzene rings is 1. The molecule has 2 aromatic rings. The third-order valence-corrected chi connectivity index (χ3v) is 7.19. The van der Waals surface area contributed by atoms with Gasteiger partial charge < -0.3 is 0 Å². The number of amides is 1. The summed E-state index contributed by atoms with van der Waals surface area (Å²) >= 11 is 1.12. The molecule has 1 amide bonds. The van der Waals surface area contributed by atoms with Gasteiger partial charge in [0.2, 0.25) is 0 Å². The number of nitrogens with one attached hydrogen (secondary N) is 2. The van der Waals surface area contributed by atoms with Gasteiger partial charge in [-0.05, 0) is 49.3 Å². The maximum absolute atomic E-state index is 12.6. The Morgan fingerprint density at radius 1 is 0.963 bits per heavy atom. The van der Waals surface area contributed by atoms with E-state index in [1.165, 1.54) is 25.3 Å². The lowest BCUT2D eigenvalue weighted by atomic mass is 9.99. The van der Waals surface area contributed by atoms with Crippen molar-refractivity contribution in [3.63, 3.8) is 0 Å². The van der Waals surface area contributed by atoms with E-state index in [0.717, 1.165) is 42.7 Å². The fourth-order valence-corrected chi connectivity index (χ4v) is 5.07. The van der Waals surface area contributed by atoms with Crippen LogP contribution in [0.3, 0.4) is 0 Å². The predicted molar refractivity (Wildman–Crippen MR) is 109 cm³/mol. The van der Waals surface area contributed by atoms with Gasteiger partial charge in [-0.2, -0.15) is 5.10 Å². The van der Waals surface area contributed by atoms with Crippen LogP contribution in [0.25, 0.3) is 0 Å². The highest BCUT2D eigenvalue weighted by Gasteiger charge is 2.19. The van der Waals surface area contributed by atoms with E-state index in [-0.39, 0.29) is 15.5 Å².